The maximum Gasteiger partial charge on any atom is 0.292 e. The van der Waals surface area contributed by atoms with E-state index in [0.717, 1.165) is 0 Å². The molecule has 0 atom stereocenters. The summed E-state index contributed by atoms with van der Waals surface area (Å²) in [5.74, 6) is -0.213. The number of amides is 1. The summed E-state index contributed by atoms with van der Waals surface area (Å²) >= 11 is 0. The topological polar surface area (TPSA) is 95.7 Å². The maximum absolute atomic E-state index is 11.8. The number of para-hydroxylation sites is 2. The van der Waals surface area contributed by atoms with Crippen molar-refractivity contribution in [2.45, 2.75) is 6.92 Å². The van der Waals surface area contributed by atoms with E-state index in [9.17, 15) is 14.9 Å². The molecule has 19 heavy (non-hydrogen) atoms. The lowest BCUT2D eigenvalue weighted by Gasteiger charge is -2.20. The quantitative estimate of drug-likeness (QED) is 0.564. The number of rotatable bonds is 7. The van der Waals surface area contributed by atoms with Crippen LogP contribution in [0.3, 0.4) is 0 Å². The second kappa shape index (κ2) is 7.32. The molecule has 1 rings (SSSR count). The molecule has 0 bridgehead atoms. The van der Waals surface area contributed by atoms with Crippen LogP contribution in [0.2, 0.25) is 0 Å². The molecule has 0 aliphatic rings. The van der Waals surface area contributed by atoms with Gasteiger partial charge in [-0.1, -0.05) is 12.1 Å². The van der Waals surface area contributed by atoms with E-state index < -0.39 is 4.92 Å². The van der Waals surface area contributed by atoms with Crippen LogP contribution in [-0.2, 0) is 4.79 Å². The van der Waals surface area contributed by atoms with E-state index in [1.54, 1.807) is 25.1 Å². The minimum atomic E-state index is -0.502. The first-order valence-electron chi connectivity index (χ1n) is 5.96. The zero-order valence-electron chi connectivity index (χ0n) is 10.7. The first-order valence-corrected chi connectivity index (χ1v) is 5.96. The fraction of sp³-hybridized carbons (Fsp3) is 0.417. The zero-order chi connectivity index (χ0) is 14.3. The van der Waals surface area contributed by atoms with Crippen LogP contribution < -0.4 is 5.32 Å². The molecule has 0 aliphatic heterocycles. The highest BCUT2D eigenvalue weighted by Gasteiger charge is 2.15. The molecule has 7 nitrogen and oxygen atoms in total. The van der Waals surface area contributed by atoms with Gasteiger partial charge in [0.15, 0.2) is 0 Å². The monoisotopic (exact) mass is 267 g/mol. The van der Waals surface area contributed by atoms with Gasteiger partial charge >= 0.3 is 0 Å². The molecule has 104 valence electrons. The van der Waals surface area contributed by atoms with E-state index in [1.165, 1.54) is 11.0 Å². The van der Waals surface area contributed by atoms with Gasteiger partial charge in [-0.15, -0.1) is 0 Å². The van der Waals surface area contributed by atoms with Crippen molar-refractivity contribution in [2.75, 3.05) is 31.6 Å². The number of hydrogen-bond donors (Lipinski definition) is 2. The third kappa shape index (κ3) is 4.22. The first kappa shape index (κ1) is 14.9. The summed E-state index contributed by atoms with van der Waals surface area (Å²) in [4.78, 5) is 23.6. The van der Waals surface area contributed by atoms with E-state index in [4.69, 9.17) is 5.11 Å². The predicted octanol–water partition coefficient (Wildman–Crippen LogP) is 0.847. The molecule has 7 heteroatoms. The van der Waals surface area contributed by atoms with E-state index >= 15 is 0 Å². The summed E-state index contributed by atoms with van der Waals surface area (Å²) in [6, 6.07) is 6.15. The van der Waals surface area contributed by atoms with Crippen LogP contribution in [0.1, 0.15) is 6.92 Å². The second-order valence-electron chi connectivity index (χ2n) is 3.82. The van der Waals surface area contributed by atoms with E-state index in [-0.39, 0.29) is 31.3 Å². The Balaban J connectivity index is 2.66. The highest BCUT2D eigenvalue weighted by atomic mass is 16.6. The molecule has 0 saturated heterocycles. The van der Waals surface area contributed by atoms with Crippen LogP contribution in [-0.4, -0.2) is 47.1 Å². The Morgan fingerprint density at radius 2 is 2.16 bits per heavy atom. The highest BCUT2D eigenvalue weighted by Crippen LogP contribution is 2.22. The van der Waals surface area contributed by atoms with Crippen molar-refractivity contribution in [1.82, 2.24) is 4.90 Å². The average Bonchev–Trinajstić information content (AvgIpc) is 2.42. The van der Waals surface area contributed by atoms with Gasteiger partial charge in [0.2, 0.25) is 5.91 Å². The molecule has 0 radical (unpaired) electrons. The van der Waals surface area contributed by atoms with E-state index in [2.05, 4.69) is 5.32 Å². The summed E-state index contributed by atoms with van der Waals surface area (Å²) in [5.41, 5.74) is 0.237. The van der Waals surface area contributed by atoms with Crippen molar-refractivity contribution in [2.24, 2.45) is 0 Å². The molecule has 0 fully saturated rings. The van der Waals surface area contributed by atoms with Crippen molar-refractivity contribution < 1.29 is 14.8 Å². The number of carbonyl (C=O) groups excluding carboxylic acids is 1. The zero-order valence-corrected chi connectivity index (χ0v) is 10.7. The smallest absolute Gasteiger partial charge is 0.292 e. The van der Waals surface area contributed by atoms with Gasteiger partial charge in [0, 0.05) is 19.2 Å². The molecule has 1 aromatic carbocycles. The standard InChI is InChI=1S/C12H17N3O4/c1-2-14(7-8-16)12(17)9-13-10-5-3-4-6-11(10)15(18)19/h3-6,13,16H,2,7-9H2,1H3. The lowest BCUT2D eigenvalue weighted by atomic mass is 10.2. The number of likely N-dealkylation sites (N-methyl/N-ethyl adjacent to an activating group) is 1. The Kier molecular flexibility index (Phi) is 5.74. The summed E-state index contributed by atoms with van der Waals surface area (Å²) in [6.45, 7) is 2.40. The summed E-state index contributed by atoms with van der Waals surface area (Å²) in [5, 5.41) is 22.4. The largest absolute Gasteiger partial charge is 0.395 e. The molecule has 1 amide bonds. The number of carbonyl (C=O) groups is 1. The summed E-state index contributed by atoms with van der Waals surface area (Å²) in [7, 11) is 0. The number of anilines is 1. The molecular formula is C12H17N3O4. The van der Waals surface area contributed by atoms with Crippen molar-refractivity contribution in [3.05, 3.63) is 34.4 Å². The van der Waals surface area contributed by atoms with Crippen LogP contribution in [0.15, 0.2) is 24.3 Å². The van der Waals surface area contributed by atoms with Crippen molar-refractivity contribution in [1.29, 1.82) is 0 Å². The molecular weight excluding hydrogens is 250 g/mol. The molecule has 0 aliphatic carbocycles. The van der Waals surface area contributed by atoms with Crippen LogP contribution in [0.25, 0.3) is 0 Å². The van der Waals surface area contributed by atoms with E-state index in [1.807, 2.05) is 0 Å². The third-order valence-electron chi connectivity index (χ3n) is 2.64. The van der Waals surface area contributed by atoms with Gasteiger partial charge in [-0.05, 0) is 13.0 Å². The molecule has 0 unspecified atom stereocenters. The lowest BCUT2D eigenvalue weighted by Crippen LogP contribution is -2.37. The SMILES string of the molecule is CCN(CCO)C(=O)CNc1ccccc1[N+](=O)[O-]. The Morgan fingerprint density at radius 1 is 1.47 bits per heavy atom. The lowest BCUT2D eigenvalue weighted by molar-refractivity contribution is -0.383. The van der Waals surface area contributed by atoms with Crippen LogP contribution in [0, 0.1) is 10.1 Å². The van der Waals surface area contributed by atoms with E-state index in [0.29, 0.717) is 12.2 Å². The molecule has 0 saturated carbocycles. The van der Waals surface area contributed by atoms with Crippen molar-refractivity contribution in [3.63, 3.8) is 0 Å². The van der Waals surface area contributed by atoms with Gasteiger partial charge in [0.05, 0.1) is 18.1 Å². The molecule has 0 spiro atoms. The van der Waals surface area contributed by atoms with Crippen LogP contribution in [0.4, 0.5) is 11.4 Å². The Labute approximate surface area is 111 Å². The number of benzene rings is 1. The Bertz CT molecular complexity index is 450. The number of aliphatic hydroxyl groups excluding tert-OH is 1. The van der Waals surface area contributed by atoms with Gasteiger partial charge < -0.3 is 15.3 Å². The fourth-order valence-corrected chi connectivity index (χ4v) is 1.64. The third-order valence-corrected chi connectivity index (χ3v) is 2.64. The van der Waals surface area contributed by atoms with Crippen LogP contribution >= 0.6 is 0 Å². The number of nitro groups is 1. The summed E-state index contributed by atoms with van der Waals surface area (Å²) in [6.07, 6.45) is 0. The molecule has 2 N–H and O–H groups in total. The first-order chi connectivity index (χ1) is 9.10. The number of nitrogens with one attached hydrogen (secondary N) is 1. The van der Waals surface area contributed by atoms with Gasteiger partial charge in [-0.25, -0.2) is 0 Å². The van der Waals surface area contributed by atoms with Gasteiger partial charge in [0.25, 0.3) is 5.69 Å². The fourth-order valence-electron chi connectivity index (χ4n) is 1.64. The maximum atomic E-state index is 11.8. The molecule has 1 aromatic rings. The van der Waals surface area contributed by atoms with Crippen molar-refractivity contribution in [3.8, 4) is 0 Å². The van der Waals surface area contributed by atoms with Crippen LogP contribution in [0.5, 0.6) is 0 Å². The summed E-state index contributed by atoms with van der Waals surface area (Å²) < 4.78 is 0. The van der Waals surface area contributed by atoms with Gasteiger partial charge in [-0.3, -0.25) is 14.9 Å². The van der Waals surface area contributed by atoms with Gasteiger partial charge in [-0.2, -0.15) is 0 Å². The van der Waals surface area contributed by atoms with Gasteiger partial charge in [0.1, 0.15) is 5.69 Å². The second-order valence-corrected chi connectivity index (χ2v) is 3.82. The minimum absolute atomic E-state index is 0.0430. The number of hydrogen-bond acceptors (Lipinski definition) is 5. The highest BCUT2D eigenvalue weighted by molar-refractivity contribution is 5.81. The molecule has 0 aromatic heterocycles. The number of nitrogens with zero attached hydrogens (tertiary/aromatic N) is 2. The Hall–Kier alpha value is -2.15. The molecule has 0 heterocycles. The Morgan fingerprint density at radius 3 is 2.74 bits per heavy atom. The number of nitro benzene ring substituents is 1. The van der Waals surface area contributed by atoms with Crippen molar-refractivity contribution >= 4 is 17.3 Å². The predicted molar refractivity (Wildman–Crippen MR) is 70.9 cm³/mol. The normalized spacial score (nSPS) is 10.0. The number of aliphatic hydroxyl groups is 1. The average molecular weight is 267 g/mol. The minimum Gasteiger partial charge on any atom is -0.395 e.